The molecule has 1 aliphatic rings. The number of benzene rings is 2. The monoisotopic (exact) mass is 391 g/mol. The molecule has 0 saturated heterocycles. The second-order valence-corrected chi connectivity index (χ2v) is 7.31. The van der Waals surface area contributed by atoms with Crippen LogP contribution in [0.15, 0.2) is 61.1 Å². The number of rotatable bonds is 2. The number of pyridine rings is 1. The van der Waals surface area contributed by atoms with Crippen LogP contribution in [0.25, 0.3) is 16.8 Å². The van der Waals surface area contributed by atoms with Gasteiger partial charge in [0.25, 0.3) is 0 Å². The minimum Gasteiger partial charge on any atom is -0.340 e. The van der Waals surface area contributed by atoms with Gasteiger partial charge in [-0.1, -0.05) is 6.07 Å². The molecule has 0 radical (unpaired) electrons. The lowest BCUT2D eigenvalue weighted by atomic mass is 10.0. The fraction of sp³-hybridized carbons (Fsp3) is 0.182. The molecular formula is C22H19F2N5. The maximum Gasteiger partial charge on any atom is 0.160 e. The van der Waals surface area contributed by atoms with E-state index in [2.05, 4.69) is 40.2 Å². The molecule has 5 rings (SSSR count). The second-order valence-electron chi connectivity index (χ2n) is 7.31. The number of hydrogen-bond acceptors (Lipinski definition) is 4. The zero-order valence-corrected chi connectivity index (χ0v) is 15.9. The summed E-state index contributed by atoms with van der Waals surface area (Å²) in [6.45, 7) is 2.28. The maximum atomic E-state index is 13.8. The third-order valence-electron chi connectivity index (χ3n) is 5.34. The highest BCUT2D eigenvalue weighted by Gasteiger charge is 2.21. The molecule has 0 spiro atoms. The lowest BCUT2D eigenvalue weighted by Crippen LogP contribution is -2.26. The van der Waals surface area contributed by atoms with E-state index in [1.165, 1.54) is 18.5 Å². The summed E-state index contributed by atoms with van der Waals surface area (Å²) in [6, 6.07) is 14.3. The number of likely N-dealkylation sites (N-methyl/N-ethyl adjacent to an activating group) is 1. The molecule has 1 aliphatic heterocycles. The highest BCUT2D eigenvalue weighted by Crippen LogP contribution is 2.35. The first-order chi connectivity index (χ1) is 14.1. The van der Waals surface area contributed by atoms with Gasteiger partial charge < -0.3 is 9.80 Å². The van der Waals surface area contributed by atoms with Crippen LogP contribution in [0.1, 0.15) is 5.56 Å². The predicted octanol–water partition coefficient (Wildman–Crippen LogP) is 4.26. The summed E-state index contributed by atoms with van der Waals surface area (Å²) < 4.78 is 29.0. The van der Waals surface area contributed by atoms with E-state index in [0.717, 1.165) is 41.1 Å². The highest BCUT2D eigenvalue weighted by molar-refractivity contribution is 5.73. The van der Waals surface area contributed by atoms with Gasteiger partial charge in [-0.15, -0.1) is 0 Å². The van der Waals surface area contributed by atoms with Crippen LogP contribution in [-0.2, 0) is 6.54 Å². The Morgan fingerprint density at radius 3 is 2.62 bits per heavy atom. The Bertz CT molecular complexity index is 1200. The Kier molecular flexibility index (Phi) is 4.24. The van der Waals surface area contributed by atoms with Crippen molar-refractivity contribution in [2.75, 3.05) is 25.0 Å². The number of anilines is 2. The molecule has 7 heteroatoms. The summed E-state index contributed by atoms with van der Waals surface area (Å²) in [5, 5.41) is 4.21. The molecule has 0 saturated carbocycles. The molecule has 4 aromatic rings. The fourth-order valence-electron chi connectivity index (χ4n) is 3.82. The smallest absolute Gasteiger partial charge is 0.160 e. The van der Waals surface area contributed by atoms with Crippen molar-refractivity contribution in [2.45, 2.75) is 6.54 Å². The topological polar surface area (TPSA) is 36.7 Å². The quantitative estimate of drug-likeness (QED) is 0.512. The summed E-state index contributed by atoms with van der Waals surface area (Å²) in [5.41, 5.74) is 5.70. The van der Waals surface area contributed by atoms with Crippen LogP contribution in [-0.4, -0.2) is 39.6 Å². The minimum absolute atomic E-state index is 0.650. The molecule has 0 aliphatic carbocycles. The molecule has 0 amide bonds. The van der Waals surface area contributed by atoms with E-state index < -0.39 is 11.6 Å². The number of aromatic nitrogens is 3. The van der Waals surface area contributed by atoms with E-state index in [-0.39, 0.29) is 0 Å². The molecule has 2 aromatic carbocycles. The second kappa shape index (κ2) is 6.93. The maximum absolute atomic E-state index is 13.8. The van der Waals surface area contributed by atoms with Crippen molar-refractivity contribution < 1.29 is 8.78 Å². The fourth-order valence-corrected chi connectivity index (χ4v) is 3.82. The van der Waals surface area contributed by atoms with Crippen LogP contribution < -0.4 is 4.90 Å². The SMILES string of the molecule is CN1CCN(c2ccc(F)c(F)c2)c2ccc(-c3ccc4ncnn4c3)cc2C1. The van der Waals surface area contributed by atoms with Gasteiger partial charge in [0.1, 0.15) is 6.33 Å². The molecule has 2 aromatic heterocycles. The molecule has 0 atom stereocenters. The van der Waals surface area contributed by atoms with Gasteiger partial charge in [-0.05, 0) is 54.6 Å². The van der Waals surface area contributed by atoms with Gasteiger partial charge in [0.05, 0.1) is 0 Å². The molecule has 29 heavy (non-hydrogen) atoms. The van der Waals surface area contributed by atoms with Crippen LogP contribution in [0.5, 0.6) is 0 Å². The van der Waals surface area contributed by atoms with E-state index in [1.807, 2.05) is 23.2 Å². The lowest BCUT2D eigenvalue weighted by molar-refractivity contribution is 0.343. The number of nitrogens with zero attached hydrogens (tertiary/aromatic N) is 5. The van der Waals surface area contributed by atoms with Crippen molar-refractivity contribution in [1.29, 1.82) is 0 Å². The zero-order chi connectivity index (χ0) is 20.0. The molecule has 0 N–H and O–H groups in total. The molecule has 0 unspecified atom stereocenters. The van der Waals surface area contributed by atoms with Crippen LogP contribution in [0.4, 0.5) is 20.2 Å². The average molecular weight is 391 g/mol. The first-order valence-electron chi connectivity index (χ1n) is 9.42. The predicted molar refractivity (Wildman–Crippen MR) is 108 cm³/mol. The van der Waals surface area contributed by atoms with Crippen LogP contribution in [0.3, 0.4) is 0 Å². The third-order valence-corrected chi connectivity index (χ3v) is 5.34. The molecular weight excluding hydrogens is 372 g/mol. The molecule has 0 bridgehead atoms. The van der Waals surface area contributed by atoms with Crippen molar-refractivity contribution in [3.63, 3.8) is 0 Å². The Morgan fingerprint density at radius 2 is 1.76 bits per heavy atom. The van der Waals surface area contributed by atoms with Crippen LogP contribution in [0.2, 0.25) is 0 Å². The number of halogens is 2. The highest BCUT2D eigenvalue weighted by atomic mass is 19.2. The normalized spacial score (nSPS) is 14.8. The first-order valence-corrected chi connectivity index (χ1v) is 9.42. The Morgan fingerprint density at radius 1 is 0.897 bits per heavy atom. The minimum atomic E-state index is -0.834. The summed E-state index contributed by atoms with van der Waals surface area (Å²) in [4.78, 5) is 8.46. The number of hydrogen-bond donors (Lipinski definition) is 0. The van der Waals surface area contributed by atoms with Gasteiger partial charge in [-0.3, -0.25) is 0 Å². The largest absolute Gasteiger partial charge is 0.340 e. The summed E-state index contributed by atoms with van der Waals surface area (Å²) in [6.07, 6.45) is 3.49. The molecule has 3 heterocycles. The van der Waals surface area contributed by atoms with Gasteiger partial charge in [0.15, 0.2) is 17.3 Å². The van der Waals surface area contributed by atoms with Crippen LogP contribution in [0, 0.1) is 11.6 Å². The molecule has 0 fully saturated rings. The van der Waals surface area contributed by atoms with Crippen LogP contribution >= 0.6 is 0 Å². The Labute approximate surface area is 166 Å². The van der Waals surface area contributed by atoms with Crippen molar-refractivity contribution in [2.24, 2.45) is 0 Å². The van der Waals surface area contributed by atoms with Gasteiger partial charge in [0, 0.05) is 48.8 Å². The van der Waals surface area contributed by atoms with E-state index in [4.69, 9.17) is 0 Å². The van der Waals surface area contributed by atoms with E-state index in [1.54, 1.807) is 10.6 Å². The standard InChI is InChI=1S/C22H19F2N5/c1-27-8-9-28(18-4-5-19(23)20(24)11-18)21-6-2-15(10-17(21)12-27)16-3-7-22-25-14-26-29(22)13-16/h2-7,10-11,13-14H,8-9,12H2,1H3. The Balaban J connectivity index is 1.59. The summed E-state index contributed by atoms with van der Waals surface area (Å²) >= 11 is 0. The van der Waals surface area contributed by atoms with E-state index in [9.17, 15) is 8.78 Å². The molecule has 146 valence electrons. The first kappa shape index (κ1) is 17.8. The van der Waals surface area contributed by atoms with E-state index in [0.29, 0.717) is 12.2 Å². The Hall–Kier alpha value is -3.32. The number of fused-ring (bicyclic) bond motifs is 2. The van der Waals surface area contributed by atoms with Crippen molar-refractivity contribution >= 4 is 17.0 Å². The summed E-state index contributed by atoms with van der Waals surface area (Å²) in [5.74, 6) is -1.67. The average Bonchev–Trinajstić information content (AvgIpc) is 3.12. The van der Waals surface area contributed by atoms with Gasteiger partial charge >= 0.3 is 0 Å². The summed E-state index contributed by atoms with van der Waals surface area (Å²) in [7, 11) is 2.06. The zero-order valence-electron chi connectivity index (χ0n) is 15.9. The van der Waals surface area contributed by atoms with Crippen molar-refractivity contribution in [3.05, 3.63) is 78.3 Å². The van der Waals surface area contributed by atoms with Gasteiger partial charge in [0.2, 0.25) is 0 Å². The van der Waals surface area contributed by atoms with Crippen molar-refractivity contribution in [3.8, 4) is 11.1 Å². The van der Waals surface area contributed by atoms with E-state index >= 15 is 0 Å². The molecule has 5 nitrogen and oxygen atoms in total. The van der Waals surface area contributed by atoms with Crippen molar-refractivity contribution in [1.82, 2.24) is 19.5 Å². The van der Waals surface area contributed by atoms with Gasteiger partial charge in [-0.2, -0.15) is 5.10 Å². The third kappa shape index (κ3) is 3.23. The van der Waals surface area contributed by atoms with Gasteiger partial charge in [-0.25, -0.2) is 18.3 Å². The lowest BCUT2D eigenvalue weighted by Gasteiger charge is -2.25.